The molecule has 7 nitrogen and oxygen atoms in total. The number of hydrogen-bond donors (Lipinski definition) is 1. The highest BCUT2D eigenvalue weighted by atomic mass is 32.2. The van der Waals surface area contributed by atoms with E-state index in [9.17, 15) is 13.2 Å². The van der Waals surface area contributed by atoms with Crippen molar-refractivity contribution in [3.05, 3.63) is 103 Å². The second kappa shape index (κ2) is 11.2. The van der Waals surface area contributed by atoms with Gasteiger partial charge in [0.25, 0.3) is 10.0 Å². The predicted octanol–water partition coefficient (Wildman–Crippen LogP) is 5.51. The number of anilines is 2. The Bertz CT molecular complexity index is 1490. The molecule has 8 heteroatoms. The topological polar surface area (TPSA) is 84.9 Å². The van der Waals surface area contributed by atoms with Crippen LogP contribution in [0.3, 0.4) is 0 Å². The number of methoxy groups -OCH3 is 2. The number of benzene rings is 4. The first-order valence-electron chi connectivity index (χ1n) is 11.6. The molecule has 4 rings (SSSR count). The Morgan fingerprint density at radius 3 is 2.19 bits per heavy atom. The molecule has 0 unspecified atom stereocenters. The van der Waals surface area contributed by atoms with E-state index in [0.29, 0.717) is 11.4 Å². The Kier molecular flexibility index (Phi) is 7.79. The maximum absolute atomic E-state index is 13.8. The van der Waals surface area contributed by atoms with E-state index in [-0.39, 0.29) is 16.3 Å². The molecule has 1 amide bonds. The molecule has 0 aromatic heterocycles. The quantitative estimate of drug-likeness (QED) is 0.317. The molecule has 0 bridgehead atoms. The molecule has 37 heavy (non-hydrogen) atoms. The van der Waals surface area contributed by atoms with Crippen LogP contribution < -0.4 is 19.1 Å². The maximum Gasteiger partial charge on any atom is 0.264 e. The number of amides is 1. The van der Waals surface area contributed by atoms with Gasteiger partial charge in [0.05, 0.1) is 24.8 Å². The van der Waals surface area contributed by atoms with Crippen LogP contribution >= 0.6 is 0 Å². The summed E-state index contributed by atoms with van der Waals surface area (Å²) in [4.78, 5) is 13.4. The van der Waals surface area contributed by atoms with Crippen molar-refractivity contribution in [2.24, 2.45) is 0 Å². The molecule has 0 aliphatic rings. The molecule has 0 saturated heterocycles. The summed E-state index contributed by atoms with van der Waals surface area (Å²) < 4.78 is 39.4. The molecule has 4 aromatic carbocycles. The number of nitrogens with zero attached hydrogens (tertiary/aromatic N) is 1. The summed E-state index contributed by atoms with van der Waals surface area (Å²) in [6.07, 6.45) is 0. The van der Waals surface area contributed by atoms with Gasteiger partial charge in [-0.25, -0.2) is 8.42 Å². The lowest BCUT2D eigenvalue weighted by Gasteiger charge is -2.26. The number of para-hydroxylation sites is 1. The van der Waals surface area contributed by atoms with Gasteiger partial charge in [0, 0.05) is 17.3 Å². The molecule has 0 aliphatic heterocycles. The molecular weight excluding hydrogens is 488 g/mol. The van der Waals surface area contributed by atoms with E-state index in [0.717, 1.165) is 21.0 Å². The number of carbonyl (C=O) groups excluding carboxylic acids is 1. The van der Waals surface area contributed by atoms with Crippen LogP contribution in [0.4, 0.5) is 11.4 Å². The summed E-state index contributed by atoms with van der Waals surface area (Å²) >= 11 is 0. The zero-order valence-electron chi connectivity index (χ0n) is 20.8. The Morgan fingerprint density at radius 2 is 1.51 bits per heavy atom. The number of aryl methyl sites for hydroxylation is 1. The first-order valence-corrected chi connectivity index (χ1v) is 13.0. The van der Waals surface area contributed by atoms with Crippen molar-refractivity contribution in [3.63, 3.8) is 0 Å². The van der Waals surface area contributed by atoms with E-state index >= 15 is 0 Å². The second-order valence-corrected chi connectivity index (χ2v) is 10.2. The van der Waals surface area contributed by atoms with E-state index in [2.05, 4.69) is 5.32 Å². The maximum atomic E-state index is 13.8. The van der Waals surface area contributed by atoms with Crippen molar-refractivity contribution in [1.82, 2.24) is 0 Å². The Hall–Kier alpha value is -4.30. The zero-order valence-corrected chi connectivity index (χ0v) is 21.7. The van der Waals surface area contributed by atoms with E-state index in [1.165, 1.54) is 26.4 Å². The molecule has 0 radical (unpaired) electrons. The third-order valence-electron chi connectivity index (χ3n) is 5.84. The SMILES string of the molecule is COc1ccc(N(CC(=O)Nc2ccccc2-c2ccccc2)S(=O)(=O)c2ccc(C)cc2)c(OC)c1. The molecule has 190 valence electrons. The van der Waals surface area contributed by atoms with Crippen LogP contribution in [-0.2, 0) is 14.8 Å². The average Bonchev–Trinajstić information content (AvgIpc) is 2.92. The van der Waals surface area contributed by atoms with Gasteiger partial charge in [-0.3, -0.25) is 9.10 Å². The number of carbonyl (C=O) groups is 1. The van der Waals surface area contributed by atoms with Crippen LogP contribution in [0, 0.1) is 6.92 Å². The lowest BCUT2D eigenvalue weighted by molar-refractivity contribution is -0.114. The standard InChI is InChI=1S/C29H28N2O5S/c1-21-13-16-24(17-14-21)37(33,34)31(27-18-15-23(35-2)19-28(27)36-3)20-29(32)30-26-12-8-7-11-25(26)22-9-5-4-6-10-22/h4-19H,20H2,1-3H3,(H,30,32). The summed E-state index contributed by atoms with van der Waals surface area (Å²) in [7, 11) is -1.18. The van der Waals surface area contributed by atoms with Crippen molar-refractivity contribution < 1.29 is 22.7 Å². The molecule has 0 spiro atoms. The number of nitrogens with one attached hydrogen (secondary N) is 1. The molecule has 0 heterocycles. The fourth-order valence-electron chi connectivity index (χ4n) is 3.91. The van der Waals surface area contributed by atoms with Gasteiger partial charge in [-0.05, 0) is 42.8 Å². The monoisotopic (exact) mass is 516 g/mol. The zero-order chi connectivity index (χ0) is 26.4. The normalized spacial score (nSPS) is 11.0. The summed E-state index contributed by atoms with van der Waals surface area (Å²) in [5.74, 6) is 0.249. The number of sulfonamides is 1. The largest absolute Gasteiger partial charge is 0.497 e. The van der Waals surface area contributed by atoms with Gasteiger partial charge in [-0.2, -0.15) is 0 Å². The fraction of sp³-hybridized carbons (Fsp3) is 0.138. The van der Waals surface area contributed by atoms with Crippen LogP contribution in [0.5, 0.6) is 11.5 Å². The fourth-order valence-corrected chi connectivity index (χ4v) is 5.34. The summed E-state index contributed by atoms with van der Waals surface area (Å²) in [5.41, 5.74) is 3.47. The highest BCUT2D eigenvalue weighted by Crippen LogP contribution is 2.36. The lowest BCUT2D eigenvalue weighted by atomic mass is 10.0. The van der Waals surface area contributed by atoms with Crippen molar-refractivity contribution in [2.75, 3.05) is 30.4 Å². The first-order chi connectivity index (χ1) is 17.8. The minimum Gasteiger partial charge on any atom is -0.497 e. The van der Waals surface area contributed by atoms with Crippen molar-refractivity contribution in [1.29, 1.82) is 0 Å². The molecule has 0 atom stereocenters. The van der Waals surface area contributed by atoms with Crippen LogP contribution in [0.1, 0.15) is 5.56 Å². The Labute approximate surface area is 217 Å². The van der Waals surface area contributed by atoms with E-state index in [1.54, 1.807) is 36.4 Å². The molecule has 4 aromatic rings. The number of rotatable bonds is 9. The van der Waals surface area contributed by atoms with Gasteiger partial charge >= 0.3 is 0 Å². The van der Waals surface area contributed by atoms with Gasteiger partial charge < -0.3 is 14.8 Å². The minimum absolute atomic E-state index is 0.0634. The third kappa shape index (κ3) is 5.76. The summed E-state index contributed by atoms with van der Waals surface area (Å²) in [5, 5.41) is 2.89. The van der Waals surface area contributed by atoms with Gasteiger partial charge in [0.1, 0.15) is 18.0 Å². The first kappa shape index (κ1) is 25.8. The second-order valence-electron chi connectivity index (χ2n) is 8.32. The lowest BCUT2D eigenvalue weighted by Crippen LogP contribution is -2.38. The molecule has 0 fully saturated rings. The van der Waals surface area contributed by atoms with Gasteiger partial charge in [-0.1, -0.05) is 66.2 Å². The third-order valence-corrected chi connectivity index (χ3v) is 7.61. The Balaban J connectivity index is 1.72. The van der Waals surface area contributed by atoms with Crippen molar-refractivity contribution >= 4 is 27.3 Å². The van der Waals surface area contributed by atoms with Crippen LogP contribution in [0.2, 0.25) is 0 Å². The predicted molar refractivity (Wildman–Crippen MR) is 146 cm³/mol. The van der Waals surface area contributed by atoms with Crippen LogP contribution in [0.25, 0.3) is 11.1 Å². The molecular formula is C29H28N2O5S. The Morgan fingerprint density at radius 1 is 0.838 bits per heavy atom. The van der Waals surface area contributed by atoms with Gasteiger partial charge in [-0.15, -0.1) is 0 Å². The van der Waals surface area contributed by atoms with Crippen molar-refractivity contribution in [2.45, 2.75) is 11.8 Å². The summed E-state index contributed by atoms with van der Waals surface area (Å²) in [6, 6.07) is 28.3. The van der Waals surface area contributed by atoms with Crippen LogP contribution in [0.15, 0.2) is 102 Å². The molecule has 0 saturated carbocycles. The van der Waals surface area contributed by atoms with Crippen molar-refractivity contribution in [3.8, 4) is 22.6 Å². The molecule has 1 N–H and O–H groups in total. The number of hydrogen-bond acceptors (Lipinski definition) is 5. The highest BCUT2D eigenvalue weighted by Gasteiger charge is 2.30. The summed E-state index contributed by atoms with van der Waals surface area (Å²) in [6.45, 7) is 1.40. The van der Waals surface area contributed by atoms with Crippen LogP contribution in [-0.4, -0.2) is 35.1 Å². The number of ether oxygens (including phenoxy) is 2. The minimum atomic E-state index is -4.12. The van der Waals surface area contributed by atoms with E-state index in [4.69, 9.17) is 9.47 Å². The smallest absolute Gasteiger partial charge is 0.264 e. The highest BCUT2D eigenvalue weighted by molar-refractivity contribution is 7.92. The molecule has 0 aliphatic carbocycles. The van der Waals surface area contributed by atoms with E-state index < -0.39 is 22.5 Å². The van der Waals surface area contributed by atoms with Gasteiger partial charge in [0.15, 0.2) is 0 Å². The van der Waals surface area contributed by atoms with E-state index in [1.807, 2.05) is 55.5 Å². The average molecular weight is 517 g/mol. The van der Waals surface area contributed by atoms with Gasteiger partial charge in [0.2, 0.25) is 5.91 Å².